The lowest BCUT2D eigenvalue weighted by atomic mass is 10.2. The van der Waals surface area contributed by atoms with Crippen molar-refractivity contribution in [1.82, 2.24) is 9.88 Å². The summed E-state index contributed by atoms with van der Waals surface area (Å²) in [6.07, 6.45) is 0.0905. The Hall–Kier alpha value is -2.15. The number of amides is 1. The van der Waals surface area contributed by atoms with Gasteiger partial charge in [-0.2, -0.15) is 0 Å². The number of halogens is 1. The molecule has 0 saturated carbocycles. The molecule has 5 nitrogen and oxygen atoms in total. The number of fused-ring (bicyclic) bond motifs is 1. The molecule has 3 rings (SSSR count). The van der Waals surface area contributed by atoms with Crippen LogP contribution in [-0.4, -0.2) is 49.1 Å². The summed E-state index contributed by atoms with van der Waals surface area (Å²) < 4.78 is 6.63. The van der Waals surface area contributed by atoms with Gasteiger partial charge >= 0.3 is 0 Å². The first-order valence-corrected chi connectivity index (χ1v) is 10.3. The number of thiazole rings is 1. The maximum atomic E-state index is 13.2. The predicted molar refractivity (Wildman–Crippen MR) is 117 cm³/mol. The molecule has 0 atom stereocenters. The van der Waals surface area contributed by atoms with Gasteiger partial charge in [0.15, 0.2) is 5.13 Å². The van der Waals surface area contributed by atoms with E-state index in [4.69, 9.17) is 16.3 Å². The van der Waals surface area contributed by atoms with E-state index >= 15 is 0 Å². The van der Waals surface area contributed by atoms with Crippen LogP contribution in [-0.2, 0) is 0 Å². The zero-order valence-electron chi connectivity index (χ0n) is 16.5. The molecule has 0 aliphatic heterocycles. The van der Waals surface area contributed by atoms with E-state index < -0.39 is 0 Å². The Morgan fingerprint density at radius 1 is 1.14 bits per heavy atom. The molecule has 0 bridgehead atoms. The molecule has 1 heterocycles. The maximum absolute atomic E-state index is 13.2. The average Bonchev–Trinajstić information content (AvgIpc) is 3.04. The van der Waals surface area contributed by atoms with Crippen LogP contribution >= 0.6 is 22.9 Å². The zero-order valence-corrected chi connectivity index (χ0v) is 18.0. The SMILES string of the molecule is CC(C)Oc1ccc(C(=O)N(CCN(C)C)c2nc3ccc(Cl)cc3s2)cc1. The highest BCUT2D eigenvalue weighted by Gasteiger charge is 2.21. The fourth-order valence-electron chi connectivity index (χ4n) is 2.69. The van der Waals surface area contributed by atoms with E-state index in [0.717, 1.165) is 22.5 Å². The van der Waals surface area contributed by atoms with Crippen LogP contribution in [0.25, 0.3) is 10.2 Å². The summed E-state index contributed by atoms with van der Waals surface area (Å²) in [6.45, 7) is 5.23. The topological polar surface area (TPSA) is 45.7 Å². The highest BCUT2D eigenvalue weighted by molar-refractivity contribution is 7.22. The molecule has 0 radical (unpaired) electrons. The number of likely N-dealkylation sites (N-methyl/N-ethyl adjacent to an activating group) is 1. The first-order chi connectivity index (χ1) is 13.3. The third-order valence-electron chi connectivity index (χ3n) is 4.06. The van der Waals surface area contributed by atoms with Crippen LogP contribution in [0.5, 0.6) is 5.75 Å². The second kappa shape index (κ2) is 8.90. The van der Waals surface area contributed by atoms with Gasteiger partial charge in [0.2, 0.25) is 0 Å². The van der Waals surface area contributed by atoms with Crippen LogP contribution < -0.4 is 9.64 Å². The fraction of sp³-hybridized carbons (Fsp3) is 0.333. The van der Waals surface area contributed by atoms with Crippen molar-refractivity contribution in [3.05, 3.63) is 53.1 Å². The summed E-state index contributed by atoms with van der Waals surface area (Å²) in [6, 6.07) is 12.8. The van der Waals surface area contributed by atoms with Gasteiger partial charge in [-0.25, -0.2) is 4.98 Å². The summed E-state index contributed by atoms with van der Waals surface area (Å²) in [4.78, 5) is 21.7. The van der Waals surface area contributed by atoms with Gasteiger partial charge in [-0.1, -0.05) is 22.9 Å². The Morgan fingerprint density at radius 3 is 2.50 bits per heavy atom. The lowest BCUT2D eigenvalue weighted by molar-refractivity contribution is 0.0985. The molecule has 0 saturated heterocycles. The van der Waals surface area contributed by atoms with Crippen LogP contribution in [0.3, 0.4) is 0 Å². The van der Waals surface area contributed by atoms with Gasteiger partial charge in [0, 0.05) is 23.7 Å². The molecule has 0 fully saturated rings. The normalized spacial score (nSPS) is 11.4. The highest BCUT2D eigenvalue weighted by Crippen LogP contribution is 2.31. The van der Waals surface area contributed by atoms with Crippen molar-refractivity contribution in [3.8, 4) is 5.75 Å². The average molecular weight is 418 g/mol. The van der Waals surface area contributed by atoms with E-state index in [-0.39, 0.29) is 12.0 Å². The summed E-state index contributed by atoms with van der Waals surface area (Å²) >= 11 is 7.57. The molecule has 1 aromatic heterocycles. The molecule has 1 amide bonds. The van der Waals surface area contributed by atoms with E-state index in [1.54, 1.807) is 17.0 Å². The van der Waals surface area contributed by atoms with Gasteiger partial charge in [0.25, 0.3) is 5.91 Å². The van der Waals surface area contributed by atoms with Gasteiger partial charge in [-0.05, 0) is 70.4 Å². The van der Waals surface area contributed by atoms with Crippen LogP contribution in [0.15, 0.2) is 42.5 Å². The van der Waals surface area contributed by atoms with Crippen LogP contribution in [0.4, 0.5) is 5.13 Å². The van der Waals surface area contributed by atoms with Gasteiger partial charge in [0.05, 0.1) is 16.3 Å². The van der Waals surface area contributed by atoms with Crippen LogP contribution in [0.1, 0.15) is 24.2 Å². The molecule has 0 aliphatic rings. The summed E-state index contributed by atoms with van der Waals surface area (Å²) in [5, 5.41) is 1.33. The van der Waals surface area contributed by atoms with Gasteiger partial charge in [0.1, 0.15) is 5.75 Å². The minimum absolute atomic E-state index is 0.0805. The highest BCUT2D eigenvalue weighted by atomic mass is 35.5. The Labute approximate surface area is 174 Å². The number of anilines is 1. The maximum Gasteiger partial charge on any atom is 0.260 e. The summed E-state index contributed by atoms with van der Waals surface area (Å²) in [5.41, 5.74) is 1.44. The van der Waals surface area contributed by atoms with Crippen LogP contribution in [0.2, 0.25) is 5.02 Å². The van der Waals surface area contributed by atoms with Crippen molar-refractivity contribution in [1.29, 1.82) is 0 Å². The Balaban J connectivity index is 1.90. The third-order valence-corrected chi connectivity index (χ3v) is 5.34. The number of carbonyl (C=O) groups is 1. The Bertz CT molecular complexity index is 954. The molecule has 0 aliphatic carbocycles. The molecular formula is C21H24ClN3O2S. The van der Waals surface area contributed by atoms with E-state index in [9.17, 15) is 4.79 Å². The molecule has 2 aromatic carbocycles. The molecule has 0 unspecified atom stereocenters. The minimum Gasteiger partial charge on any atom is -0.491 e. The number of aromatic nitrogens is 1. The number of nitrogens with zero attached hydrogens (tertiary/aromatic N) is 3. The first kappa shape index (κ1) is 20.6. The molecule has 7 heteroatoms. The van der Waals surface area contributed by atoms with E-state index in [0.29, 0.717) is 22.3 Å². The fourth-order valence-corrected chi connectivity index (χ4v) is 3.96. The molecule has 28 heavy (non-hydrogen) atoms. The standard InChI is InChI=1S/C21H24ClN3O2S/c1-14(2)27-17-8-5-15(6-9-17)20(26)25(12-11-24(3)4)21-23-18-10-7-16(22)13-19(18)28-21/h5-10,13-14H,11-12H2,1-4H3. The van der Waals surface area contributed by atoms with E-state index in [2.05, 4.69) is 4.98 Å². The minimum atomic E-state index is -0.0805. The lowest BCUT2D eigenvalue weighted by Crippen LogP contribution is -2.36. The largest absolute Gasteiger partial charge is 0.491 e. The second-order valence-electron chi connectivity index (χ2n) is 7.06. The number of ether oxygens (including phenoxy) is 1. The smallest absolute Gasteiger partial charge is 0.260 e. The van der Waals surface area contributed by atoms with Crippen molar-refractivity contribution < 1.29 is 9.53 Å². The zero-order chi connectivity index (χ0) is 20.3. The molecular weight excluding hydrogens is 394 g/mol. The lowest BCUT2D eigenvalue weighted by Gasteiger charge is -2.22. The van der Waals surface area contributed by atoms with Crippen molar-refractivity contribution >= 4 is 44.2 Å². The Morgan fingerprint density at radius 2 is 1.86 bits per heavy atom. The van der Waals surface area contributed by atoms with E-state index in [1.165, 1.54) is 11.3 Å². The van der Waals surface area contributed by atoms with Gasteiger partial charge in [-0.3, -0.25) is 9.69 Å². The third kappa shape index (κ3) is 5.01. The van der Waals surface area contributed by atoms with Crippen molar-refractivity contribution in [2.24, 2.45) is 0 Å². The van der Waals surface area contributed by atoms with Crippen molar-refractivity contribution in [2.75, 3.05) is 32.1 Å². The van der Waals surface area contributed by atoms with Gasteiger partial charge < -0.3 is 9.64 Å². The molecule has 0 N–H and O–H groups in total. The quantitative estimate of drug-likeness (QED) is 0.546. The first-order valence-electron chi connectivity index (χ1n) is 9.13. The Kier molecular flexibility index (Phi) is 6.54. The van der Waals surface area contributed by atoms with Crippen molar-refractivity contribution in [3.63, 3.8) is 0 Å². The van der Waals surface area contributed by atoms with Crippen molar-refractivity contribution in [2.45, 2.75) is 20.0 Å². The summed E-state index contributed by atoms with van der Waals surface area (Å²) in [5.74, 6) is 0.670. The molecule has 0 spiro atoms. The van der Waals surface area contributed by atoms with E-state index in [1.807, 2.05) is 63.2 Å². The molecule has 3 aromatic rings. The van der Waals surface area contributed by atoms with Crippen LogP contribution in [0, 0.1) is 0 Å². The molecule has 148 valence electrons. The predicted octanol–water partition coefficient (Wildman–Crippen LogP) is 4.95. The second-order valence-corrected chi connectivity index (χ2v) is 8.51. The number of hydrogen-bond donors (Lipinski definition) is 0. The summed E-state index contributed by atoms with van der Waals surface area (Å²) in [7, 11) is 3.97. The number of benzene rings is 2. The monoisotopic (exact) mass is 417 g/mol. The number of carbonyl (C=O) groups excluding carboxylic acids is 1. The van der Waals surface area contributed by atoms with Gasteiger partial charge in [-0.15, -0.1) is 0 Å². The number of rotatable bonds is 7. The number of hydrogen-bond acceptors (Lipinski definition) is 5.